The van der Waals surface area contributed by atoms with Crippen molar-refractivity contribution < 1.29 is 38.1 Å². The number of thioether (sulfide) groups is 2. The highest BCUT2D eigenvalue weighted by molar-refractivity contribution is 8.16. The predicted octanol–water partition coefficient (Wildman–Crippen LogP) is 11.7. The lowest BCUT2D eigenvalue weighted by atomic mass is 9.99. The molecule has 61 heavy (non-hydrogen) atoms. The fourth-order valence-corrected chi connectivity index (χ4v) is 10.5. The Hall–Kier alpha value is -3.70. The zero-order chi connectivity index (χ0) is 43.5. The minimum atomic E-state index is -0.360. The van der Waals surface area contributed by atoms with Crippen LogP contribution < -0.4 is 14.4 Å². The van der Waals surface area contributed by atoms with Gasteiger partial charge in [-0.3, -0.25) is 19.2 Å². The van der Waals surface area contributed by atoms with Crippen molar-refractivity contribution in [3.05, 3.63) is 77.3 Å². The molecule has 0 N–H and O–H groups in total. The average Bonchev–Trinajstić information content (AvgIpc) is 3.92. The number of fused-ring (bicyclic) bond motifs is 1. The maximum Gasteiger partial charge on any atom is 0.231 e. The third kappa shape index (κ3) is 15.3. The van der Waals surface area contributed by atoms with Crippen molar-refractivity contribution in [2.45, 2.75) is 159 Å². The number of Topliss-reactive ketones (excluding diaryl/α,β-unsaturated/α-hetero) is 2. The Morgan fingerprint density at radius 3 is 1.77 bits per heavy atom. The molecule has 4 aliphatic heterocycles. The largest absolute Gasteiger partial charge is 0.489 e. The molecule has 0 saturated carbocycles. The highest BCUT2D eigenvalue weighted by atomic mass is 32.2. The van der Waals surface area contributed by atoms with Gasteiger partial charge in [0.05, 0.1) is 9.49 Å². The summed E-state index contributed by atoms with van der Waals surface area (Å²) in [5.74, 6) is 2.72. The lowest BCUT2D eigenvalue weighted by Gasteiger charge is -2.30. The fourth-order valence-electron chi connectivity index (χ4n) is 8.36. The van der Waals surface area contributed by atoms with Crippen molar-refractivity contribution in [3.63, 3.8) is 0 Å². The summed E-state index contributed by atoms with van der Waals surface area (Å²) in [6, 6.07) is 13.7. The molecule has 0 aromatic heterocycles. The van der Waals surface area contributed by atoms with Gasteiger partial charge in [-0.15, -0.1) is 0 Å². The molecule has 0 amide bonds. The quantitative estimate of drug-likeness (QED) is 0.0890. The number of carbonyl (C=O) groups is 4. The number of rotatable bonds is 25. The van der Waals surface area contributed by atoms with E-state index in [-0.39, 0.29) is 57.7 Å². The van der Waals surface area contributed by atoms with Crippen molar-refractivity contribution >= 4 is 51.0 Å². The number of ether oxygens (including phenoxy) is 4. The maximum absolute atomic E-state index is 12.8. The standard InChI is InChI=1S/C27H39NO3S.C23H30O5S/c1-3-4-5-6-7-11-16-27(2)25(20-26(30)32-27)31-21-23(29)19-22-14-9-10-15-24(22)28-17-12-8-13-18-28;1-3-4-5-6-7-8-11-23(2)21(14-22(25)29-23)26-15-18(24)12-17-9-10-19-20(13-17)28-16-27-19/h9-10,14-15,20H,3-8,11-13,16-19,21H2,1-2H3;9-10,13-14H,3-8,11-12,15-16H2,1-2H3. The summed E-state index contributed by atoms with van der Waals surface area (Å²) in [7, 11) is 0. The smallest absolute Gasteiger partial charge is 0.231 e. The number of carbonyl (C=O) groups excluding carboxylic acids is 4. The average molecular weight is 876 g/mol. The van der Waals surface area contributed by atoms with Crippen LogP contribution in [-0.2, 0) is 41.5 Å². The molecule has 334 valence electrons. The molecule has 1 fully saturated rings. The van der Waals surface area contributed by atoms with Crippen LogP contribution in [0, 0.1) is 0 Å². The van der Waals surface area contributed by atoms with Crippen molar-refractivity contribution in [2.75, 3.05) is 38.0 Å². The summed E-state index contributed by atoms with van der Waals surface area (Å²) in [6.45, 7) is 10.9. The van der Waals surface area contributed by atoms with Gasteiger partial charge < -0.3 is 23.8 Å². The molecule has 4 aliphatic rings. The van der Waals surface area contributed by atoms with E-state index in [9.17, 15) is 19.2 Å². The van der Waals surface area contributed by atoms with Crippen molar-refractivity contribution in [2.24, 2.45) is 0 Å². The SMILES string of the molecule is CCCCCCCCC1(C)SC(=O)C=C1OCC(=O)Cc1ccc2c(c1)OCO2.CCCCCCCCC1(C)SC(=O)C=C1OCC(=O)Cc1ccccc1N1CCCCC1. The highest BCUT2D eigenvalue weighted by Gasteiger charge is 2.40. The minimum Gasteiger partial charge on any atom is -0.489 e. The van der Waals surface area contributed by atoms with Crippen LogP contribution in [0.1, 0.15) is 148 Å². The monoisotopic (exact) mass is 875 g/mol. The second-order valence-electron chi connectivity index (χ2n) is 17.2. The van der Waals surface area contributed by atoms with Crippen LogP contribution in [0.5, 0.6) is 11.5 Å². The molecule has 1 saturated heterocycles. The Balaban J connectivity index is 0.000000232. The number of unbranched alkanes of at least 4 members (excludes halogenated alkanes) is 10. The van der Waals surface area contributed by atoms with Crippen molar-refractivity contribution in [1.29, 1.82) is 0 Å². The van der Waals surface area contributed by atoms with Crippen molar-refractivity contribution in [3.8, 4) is 11.5 Å². The number of ketones is 2. The van der Waals surface area contributed by atoms with Crippen molar-refractivity contribution in [1.82, 2.24) is 0 Å². The van der Waals surface area contributed by atoms with Gasteiger partial charge in [0.15, 0.2) is 23.1 Å². The van der Waals surface area contributed by atoms with Crippen LogP contribution in [0.3, 0.4) is 0 Å². The maximum atomic E-state index is 12.8. The van der Waals surface area contributed by atoms with Gasteiger partial charge in [0.2, 0.25) is 17.0 Å². The topological polar surface area (TPSA) is 108 Å². The second-order valence-corrected chi connectivity index (χ2v) is 20.2. The summed E-state index contributed by atoms with van der Waals surface area (Å²) >= 11 is 2.66. The molecule has 11 heteroatoms. The van der Waals surface area contributed by atoms with Gasteiger partial charge >= 0.3 is 0 Å². The van der Waals surface area contributed by atoms with E-state index < -0.39 is 0 Å². The number of para-hydroxylation sites is 1. The fraction of sp³-hybridized carbons (Fsp3) is 0.600. The molecular weight excluding hydrogens is 807 g/mol. The predicted molar refractivity (Wildman–Crippen MR) is 249 cm³/mol. The van der Waals surface area contributed by atoms with Crippen LogP contribution in [0.4, 0.5) is 5.69 Å². The van der Waals surface area contributed by atoms with Gasteiger partial charge in [0.1, 0.15) is 24.7 Å². The number of hydrogen-bond acceptors (Lipinski definition) is 11. The molecule has 0 aliphatic carbocycles. The first-order valence-corrected chi connectivity index (χ1v) is 24.6. The molecular formula is C50H69NO8S2. The molecule has 0 radical (unpaired) electrons. The molecule has 2 unspecified atom stereocenters. The highest BCUT2D eigenvalue weighted by Crippen LogP contribution is 2.45. The molecule has 2 atom stereocenters. The Bertz CT molecular complexity index is 1840. The summed E-state index contributed by atoms with van der Waals surface area (Å²) in [6.07, 6.45) is 23.9. The number of piperidine rings is 1. The Morgan fingerprint density at radius 2 is 1.18 bits per heavy atom. The van der Waals surface area contributed by atoms with Crippen LogP contribution in [0.15, 0.2) is 66.1 Å². The Morgan fingerprint density at radius 1 is 0.656 bits per heavy atom. The normalized spacial score (nSPS) is 20.6. The van der Waals surface area contributed by atoms with E-state index >= 15 is 0 Å². The second kappa shape index (κ2) is 24.8. The summed E-state index contributed by atoms with van der Waals surface area (Å²) < 4.78 is 21.7. The third-order valence-electron chi connectivity index (χ3n) is 11.9. The van der Waals surface area contributed by atoms with Crippen LogP contribution >= 0.6 is 23.5 Å². The van der Waals surface area contributed by atoms with E-state index in [1.807, 2.05) is 37.3 Å². The van der Waals surface area contributed by atoms with Gasteiger partial charge in [-0.25, -0.2) is 0 Å². The van der Waals surface area contributed by atoms with Gasteiger partial charge in [0.25, 0.3) is 0 Å². The summed E-state index contributed by atoms with van der Waals surface area (Å²) in [5, 5.41) is 0.0491. The van der Waals surface area contributed by atoms with E-state index in [1.165, 1.54) is 113 Å². The number of hydrogen-bond donors (Lipinski definition) is 0. The van der Waals surface area contributed by atoms with Crippen LogP contribution in [0.25, 0.3) is 0 Å². The van der Waals surface area contributed by atoms with E-state index in [0.717, 1.165) is 49.9 Å². The molecule has 9 nitrogen and oxygen atoms in total. The molecule has 0 bridgehead atoms. The van der Waals surface area contributed by atoms with Crippen LogP contribution in [-0.4, -0.2) is 64.4 Å². The molecule has 0 spiro atoms. The van der Waals surface area contributed by atoms with E-state index in [1.54, 1.807) is 12.2 Å². The lowest BCUT2D eigenvalue weighted by molar-refractivity contribution is -0.122. The van der Waals surface area contributed by atoms with Gasteiger partial charge in [-0.1, -0.05) is 139 Å². The summed E-state index contributed by atoms with van der Waals surface area (Å²) in [5.41, 5.74) is 3.12. The minimum absolute atomic E-state index is 0.0108. The number of benzene rings is 2. The number of anilines is 1. The lowest BCUT2D eigenvalue weighted by Crippen LogP contribution is -2.30. The van der Waals surface area contributed by atoms with E-state index in [0.29, 0.717) is 29.4 Å². The van der Waals surface area contributed by atoms with Gasteiger partial charge in [0, 0.05) is 43.8 Å². The number of nitrogens with zero attached hydrogens (tertiary/aromatic N) is 1. The first kappa shape index (κ1) is 48.3. The Labute approximate surface area is 373 Å². The third-order valence-corrected chi connectivity index (χ3v) is 14.2. The van der Waals surface area contributed by atoms with E-state index in [4.69, 9.17) is 18.9 Å². The summed E-state index contributed by atoms with van der Waals surface area (Å²) in [4.78, 5) is 51.7. The van der Waals surface area contributed by atoms with Gasteiger partial charge in [-0.05, 0) is 75.3 Å². The van der Waals surface area contributed by atoms with Crippen LogP contribution in [0.2, 0.25) is 0 Å². The zero-order valence-corrected chi connectivity index (χ0v) is 38.8. The molecule has 2 aromatic carbocycles. The first-order valence-electron chi connectivity index (χ1n) is 22.9. The molecule has 4 heterocycles. The van der Waals surface area contributed by atoms with Gasteiger partial charge in [-0.2, -0.15) is 0 Å². The first-order chi connectivity index (χ1) is 29.5. The zero-order valence-electron chi connectivity index (χ0n) is 37.2. The molecule has 2 aromatic rings. The molecule has 6 rings (SSSR count). The van der Waals surface area contributed by atoms with E-state index in [2.05, 4.69) is 37.8 Å². The Kier molecular flexibility index (Phi) is 19.7.